The Morgan fingerprint density at radius 1 is 1.32 bits per heavy atom. The van der Waals surface area contributed by atoms with Gasteiger partial charge in [0.05, 0.1) is 10.5 Å². The molecule has 0 amide bonds. The van der Waals surface area contributed by atoms with E-state index in [1.165, 1.54) is 12.1 Å². The fraction of sp³-hybridized carbons (Fsp3) is 0.538. The molecule has 2 rings (SSSR count). The standard InChI is InChI=1S/C13H18BrF2N3/c1-18-5-6-19(2)10(7-18)13(17)11-9(15)4-3-8(14)12(11)16/h3-4,10,13H,5-7,17H2,1-2H3. The van der Waals surface area contributed by atoms with Crippen molar-refractivity contribution in [3.63, 3.8) is 0 Å². The van der Waals surface area contributed by atoms with Gasteiger partial charge in [-0.2, -0.15) is 0 Å². The molecule has 1 aromatic carbocycles. The highest BCUT2D eigenvalue weighted by Gasteiger charge is 2.32. The average molecular weight is 334 g/mol. The van der Waals surface area contributed by atoms with Crippen LogP contribution in [0, 0.1) is 11.6 Å². The SMILES string of the molecule is CN1CCN(C)C(C(N)c2c(F)ccc(Br)c2F)C1. The molecule has 2 N–H and O–H groups in total. The second-order valence-electron chi connectivity index (χ2n) is 5.09. The second kappa shape index (κ2) is 5.83. The van der Waals surface area contributed by atoms with Gasteiger partial charge in [0, 0.05) is 31.2 Å². The third kappa shape index (κ3) is 2.97. The molecule has 0 aromatic heterocycles. The number of nitrogens with two attached hydrogens (primary N) is 1. The van der Waals surface area contributed by atoms with Gasteiger partial charge >= 0.3 is 0 Å². The van der Waals surface area contributed by atoms with Crippen LogP contribution >= 0.6 is 15.9 Å². The van der Waals surface area contributed by atoms with Gasteiger partial charge in [-0.1, -0.05) is 0 Å². The number of piperazine rings is 1. The number of halogens is 3. The van der Waals surface area contributed by atoms with Gasteiger partial charge in [0.25, 0.3) is 0 Å². The van der Waals surface area contributed by atoms with Gasteiger partial charge in [-0.05, 0) is 42.2 Å². The summed E-state index contributed by atoms with van der Waals surface area (Å²) in [5.74, 6) is -1.19. The Morgan fingerprint density at radius 2 is 2.00 bits per heavy atom. The van der Waals surface area contributed by atoms with Gasteiger partial charge in [0.1, 0.15) is 11.6 Å². The first-order chi connectivity index (χ1) is 8.91. The Hall–Kier alpha value is -0.560. The summed E-state index contributed by atoms with van der Waals surface area (Å²) in [5.41, 5.74) is 6.08. The number of benzene rings is 1. The van der Waals surface area contributed by atoms with Crippen LogP contribution in [-0.2, 0) is 0 Å². The zero-order valence-corrected chi connectivity index (χ0v) is 12.6. The summed E-state index contributed by atoms with van der Waals surface area (Å²) in [6, 6.07) is 1.81. The number of hydrogen-bond donors (Lipinski definition) is 1. The van der Waals surface area contributed by atoms with Crippen molar-refractivity contribution in [1.29, 1.82) is 0 Å². The molecule has 2 atom stereocenters. The van der Waals surface area contributed by atoms with E-state index >= 15 is 0 Å². The van der Waals surface area contributed by atoms with Gasteiger partial charge in [-0.25, -0.2) is 8.78 Å². The Balaban J connectivity index is 2.33. The minimum atomic E-state index is -0.690. The van der Waals surface area contributed by atoms with Crippen LogP contribution in [-0.4, -0.2) is 49.6 Å². The highest BCUT2D eigenvalue weighted by molar-refractivity contribution is 9.10. The number of nitrogens with zero attached hydrogens (tertiary/aromatic N) is 2. The zero-order valence-electron chi connectivity index (χ0n) is 11.0. The molecule has 1 saturated heterocycles. The van der Waals surface area contributed by atoms with E-state index < -0.39 is 17.7 Å². The molecular formula is C13H18BrF2N3. The summed E-state index contributed by atoms with van der Waals surface area (Å²) in [6.45, 7) is 2.47. The first-order valence-corrected chi connectivity index (χ1v) is 6.99. The van der Waals surface area contributed by atoms with Crippen LogP contribution in [0.1, 0.15) is 11.6 Å². The Kier molecular flexibility index (Phi) is 4.55. The summed E-state index contributed by atoms with van der Waals surface area (Å²) >= 11 is 3.08. The van der Waals surface area contributed by atoms with Crippen molar-refractivity contribution >= 4 is 15.9 Å². The molecule has 1 fully saturated rings. The maximum atomic E-state index is 14.1. The van der Waals surface area contributed by atoms with Crippen molar-refractivity contribution in [3.05, 3.63) is 33.8 Å². The summed E-state index contributed by atoms with van der Waals surface area (Å²) in [6.07, 6.45) is 0. The van der Waals surface area contributed by atoms with Crippen LogP contribution in [0.15, 0.2) is 16.6 Å². The summed E-state index contributed by atoms with van der Waals surface area (Å²) < 4.78 is 28.2. The fourth-order valence-corrected chi connectivity index (χ4v) is 2.82. The van der Waals surface area contributed by atoms with E-state index in [0.29, 0.717) is 6.54 Å². The molecule has 19 heavy (non-hydrogen) atoms. The first kappa shape index (κ1) is 14.8. The monoisotopic (exact) mass is 333 g/mol. The largest absolute Gasteiger partial charge is 0.322 e. The van der Waals surface area contributed by atoms with Gasteiger partial charge in [-0.3, -0.25) is 4.90 Å². The van der Waals surface area contributed by atoms with Crippen LogP contribution in [0.5, 0.6) is 0 Å². The predicted octanol–water partition coefficient (Wildman–Crippen LogP) is 1.97. The number of rotatable bonds is 2. The molecule has 0 bridgehead atoms. The van der Waals surface area contributed by atoms with E-state index in [9.17, 15) is 8.78 Å². The number of hydrogen-bond acceptors (Lipinski definition) is 3. The summed E-state index contributed by atoms with van der Waals surface area (Å²) in [7, 11) is 3.92. The normalized spacial score (nSPS) is 23.6. The molecular weight excluding hydrogens is 316 g/mol. The smallest absolute Gasteiger partial charge is 0.145 e. The average Bonchev–Trinajstić information content (AvgIpc) is 2.37. The van der Waals surface area contributed by atoms with Crippen molar-refractivity contribution in [2.75, 3.05) is 33.7 Å². The third-order valence-electron chi connectivity index (χ3n) is 3.73. The summed E-state index contributed by atoms with van der Waals surface area (Å²) in [5, 5.41) is 0. The molecule has 1 aromatic rings. The van der Waals surface area contributed by atoms with Crippen LogP contribution in [0.2, 0.25) is 0 Å². The lowest BCUT2D eigenvalue weighted by molar-refractivity contribution is 0.0956. The quantitative estimate of drug-likeness (QED) is 0.840. The molecule has 2 unspecified atom stereocenters. The van der Waals surface area contributed by atoms with E-state index in [1.54, 1.807) is 0 Å². The van der Waals surface area contributed by atoms with Gasteiger partial charge < -0.3 is 10.6 Å². The summed E-state index contributed by atoms with van der Waals surface area (Å²) in [4.78, 5) is 4.18. The maximum Gasteiger partial charge on any atom is 0.145 e. The molecule has 0 aliphatic carbocycles. The Morgan fingerprint density at radius 3 is 2.68 bits per heavy atom. The molecule has 0 spiro atoms. The zero-order chi connectivity index (χ0) is 14.2. The van der Waals surface area contributed by atoms with E-state index in [-0.39, 0.29) is 16.1 Å². The Bertz CT molecular complexity index is 469. The van der Waals surface area contributed by atoms with Gasteiger partial charge in [0.15, 0.2) is 0 Å². The molecule has 6 heteroatoms. The molecule has 0 saturated carbocycles. The maximum absolute atomic E-state index is 14.1. The van der Waals surface area contributed by atoms with Crippen molar-refractivity contribution in [1.82, 2.24) is 9.80 Å². The fourth-order valence-electron chi connectivity index (χ4n) is 2.47. The van der Waals surface area contributed by atoms with Crippen molar-refractivity contribution in [3.8, 4) is 0 Å². The molecule has 3 nitrogen and oxygen atoms in total. The van der Waals surface area contributed by atoms with E-state index in [0.717, 1.165) is 13.1 Å². The highest BCUT2D eigenvalue weighted by atomic mass is 79.9. The highest BCUT2D eigenvalue weighted by Crippen LogP contribution is 2.29. The van der Waals surface area contributed by atoms with Crippen LogP contribution in [0.3, 0.4) is 0 Å². The lowest BCUT2D eigenvalue weighted by Gasteiger charge is -2.40. The minimum absolute atomic E-state index is 0.0403. The first-order valence-electron chi connectivity index (χ1n) is 6.19. The molecule has 1 aliphatic rings. The number of likely N-dealkylation sites (N-methyl/N-ethyl adjacent to an activating group) is 2. The molecule has 106 valence electrons. The van der Waals surface area contributed by atoms with Crippen LogP contribution in [0.4, 0.5) is 8.78 Å². The van der Waals surface area contributed by atoms with Crippen molar-refractivity contribution < 1.29 is 8.78 Å². The lowest BCUT2D eigenvalue weighted by atomic mass is 9.96. The van der Waals surface area contributed by atoms with Crippen LogP contribution in [0.25, 0.3) is 0 Å². The van der Waals surface area contributed by atoms with Crippen molar-refractivity contribution in [2.24, 2.45) is 5.73 Å². The lowest BCUT2D eigenvalue weighted by Crippen LogP contribution is -2.54. The van der Waals surface area contributed by atoms with E-state index in [4.69, 9.17) is 5.73 Å². The molecule has 0 radical (unpaired) electrons. The molecule has 1 heterocycles. The Labute approximate surface area is 120 Å². The van der Waals surface area contributed by atoms with Gasteiger partial charge in [-0.15, -0.1) is 0 Å². The molecule has 1 aliphatic heterocycles. The van der Waals surface area contributed by atoms with Crippen LogP contribution < -0.4 is 5.73 Å². The van der Waals surface area contributed by atoms with Gasteiger partial charge in [0.2, 0.25) is 0 Å². The third-order valence-corrected chi connectivity index (χ3v) is 4.34. The second-order valence-corrected chi connectivity index (χ2v) is 5.95. The predicted molar refractivity (Wildman–Crippen MR) is 74.9 cm³/mol. The van der Waals surface area contributed by atoms with E-state index in [2.05, 4.69) is 25.7 Å². The van der Waals surface area contributed by atoms with E-state index in [1.807, 2.05) is 14.1 Å². The van der Waals surface area contributed by atoms with Crippen molar-refractivity contribution in [2.45, 2.75) is 12.1 Å². The minimum Gasteiger partial charge on any atom is -0.322 e. The topological polar surface area (TPSA) is 32.5 Å².